The predicted octanol–water partition coefficient (Wildman–Crippen LogP) is 2.93. The van der Waals surface area contributed by atoms with Crippen molar-refractivity contribution >= 4 is 22.9 Å². The van der Waals surface area contributed by atoms with Gasteiger partial charge in [-0.25, -0.2) is 0 Å². The number of nitrogens with one attached hydrogen (secondary N) is 1. The fraction of sp³-hybridized carbons (Fsp3) is 0.200. The molecule has 1 heterocycles. The second-order valence-electron chi connectivity index (χ2n) is 4.51. The van der Waals surface area contributed by atoms with Gasteiger partial charge in [0.2, 0.25) is 0 Å². The summed E-state index contributed by atoms with van der Waals surface area (Å²) >= 11 is 1.53. The molecule has 0 aliphatic carbocycles. The van der Waals surface area contributed by atoms with Gasteiger partial charge in [0, 0.05) is 36.6 Å². The summed E-state index contributed by atoms with van der Waals surface area (Å²) < 4.78 is 0. The summed E-state index contributed by atoms with van der Waals surface area (Å²) in [7, 11) is 3.47. The van der Waals surface area contributed by atoms with Crippen LogP contribution in [0.2, 0.25) is 0 Å². The lowest BCUT2D eigenvalue weighted by atomic mass is 10.1. The van der Waals surface area contributed by atoms with Gasteiger partial charge in [0.1, 0.15) is 6.07 Å². The Balaban J connectivity index is 2.13. The summed E-state index contributed by atoms with van der Waals surface area (Å²) in [4.78, 5) is 14.7. The number of para-hydroxylation sites is 1. The van der Waals surface area contributed by atoms with Crippen molar-refractivity contribution in [1.29, 1.82) is 5.26 Å². The monoisotopic (exact) mass is 285 g/mol. The summed E-state index contributed by atoms with van der Waals surface area (Å²) in [6.07, 6.45) is 0. The first kappa shape index (κ1) is 14.1. The summed E-state index contributed by atoms with van der Waals surface area (Å²) in [5, 5.41) is 13.9. The lowest BCUT2D eigenvalue weighted by molar-refractivity contribution is 0.0828. The van der Waals surface area contributed by atoms with Crippen LogP contribution in [-0.2, 0) is 6.54 Å². The van der Waals surface area contributed by atoms with Crippen LogP contribution >= 0.6 is 11.3 Å². The van der Waals surface area contributed by atoms with E-state index in [0.717, 1.165) is 10.6 Å². The molecule has 4 nitrogen and oxygen atoms in total. The van der Waals surface area contributed by atoms with E-state index in [1.165, 1.54) is 11.3 Å². The maximum absolute atomic E-state index is 12.1. The Labute approximate surface area is 122 Å². The molecule has 0 saturated heterocycles. The van der Waals surface area contributed by atoms with E-state index in [0.29, 0.717) is 17.7 Å². The number of thiophene rings is 1. The number of anilines is 1. The van der Waals surface area contributed by atoms with Crippen molar-refractivity contribution in [3.63, 3.8) is 0 Å². The molecule has 0 fully saturated rings. The van der Waals surface area contributed by atoms with Crippen LogP contribution in [0.3, 0.4) is 0 Å². The lowest BCUT2D eigenvalue weighted by Gasteiger charge is -2.14. The van der Waals surface area contributed by atoms with Gasteiger partial charge in [-0.05, 0) is 18.2 Å². The zero-order valence-corrected chi connectivity index (χ0v) is 12.2. The van der Waals surface area contributed by atoms with Crippen LogP contribution in [-0.4, -0.2) is 24.9 Å². The van der Waals surface area contributed by atoms with Crippen molar-refractivity contribution in [2.45, 2.75) is 6.54 Å². The largest absolute Gasteiger partial charge is 0.380 e. The van der Waals surface area contributed by atoms with Crippen molar-refractivity contribution < 1.29 is 4.79 Å². The molecule has 1 amide bonds. The third-order valence-electron chi connectivity index (χ3n) is 2.80. The molecule has 102 valence electrons. The van der Waals surface area contributed by atoms with E-state index in [1.807, 2.05) is 29.6 Å². The standard InChI is InChI=1S/C15H15N3OS/c1-18(2)15(19)13-5-3-4-6-14(13)17-9-12-7-11(8-16)10-20-12/h3-7,10,17H,9H2,1-2H3. The zero-order chi connectivity index (χ0) is 14.5. The summed E-state index contributed by atoms with van der Waals surface area (Å²) in [5.74, 6) is -0.0306. The first-order valence-corrected chi connectivity index (χ1v) is 7.02. The van der Waals surface area contributed by atoms with Crippen molar-refractivity contribution in [3.8, 4) is 6.07 Å². The number of nitrogens with zero attached hydrogens (tertiary/aromatic N) is 2. The fourth-order valence-electron chi connectivity index (χ4n) is 1.78. The number of amides is 1. The molecule has 0 radical (unpaired) electrons. The molecule has 20 heavy (non-hydrogen) atoms. The number of nitriles is 1. The number of carbonyl (C=O) groups is 1. The minimum atomic E-state index is -0.0306. The first-order chi connectivity index (χ1) is 9.61. The van der Waals surface area contributed by atoms with Crippen molar-refractivity contribution in [1.82, 2.24) is 4.90 Å². The molecular formula is C15H15N3OS. The lowest BCUT2D eigenvalue weighted by Crippen LogP contribution is -2.22. The normalized spacial score (nSPS) is 9.85. The highest BCUT2D eigenvalue weighted by Gasteiger charge is 2.12. The van der Waals surface area contributed by atoms with Gasteiger partial charge < -0.3 is 10.2 Å². The molecule has 0 unspecified atom stereocenters. The van der Waals surface area contributed by atoms with E-state index >= 15 is 0 Å². The summed E-state index contributed by atoms with van der Waals surface area (Å²) in [6, 6.07) is 11.4. The van der Waals surface area contributed by atoms with Crippen LogP contribution in [0.5, 0.6) is 0 Å². The molecule has 0 saturated carbocycles. The van der Waals surface area contributed by atoms with E-state index < -0.39 is 0 Å². The smallest absolute Gasteiger partial charge is 0.255 e. The van der Waals surface area contributed by atoms with Crippen LogP contribution in [0, 0.1) is 11.3 Å². The molecule has 0 bridgehead atoms. The molecule has 5 heteroatoms. The van der Waals surface area contributed by atoms with Gasteiger partial charge in [0.05, 0.1) is 11.1 Å². The minimum absolute atomic E-state index is 0.0306. The summed E-state index contributed by atoms with van der Waals surface area (Å²) in [6.45, 7) is 0.601. The molecule has 1 aromatic heterocycles. The topological polar surface area (TPSA) is 56.1 Å². The van der Waals surface area contributed by atoms with Crippen LogP contribution in [0.4, 0.5) is 5.69 Å². The van der Waals surface area contributed by atoms with Gasteiger partial charge in [0.25, 0.3) is 5.91 Å². The Morgan fingerprint density at radius 2 is 2.15 bits per heavy atom. The van der Waals surface area contributed by atoms with Crippen LogP contribution in [0.15, 0.2) is 35.7 Å². The number of hydrogen-bond donors (Lipinski definition) is 1. The quantitative estimate of drug-likeness (QED) is 0.939. The van der Waals surface area contributed by atoms with E-state index in [9.17, 15) is 4.79 Å². The molecule has 0 aliphatic rings. The Morgan fingerprint density at radius 1 is 1.40 bits per heavy atom. The van der Waals surface area contributed by atoms with Crippen LogP contribution in [0.1, 0.15) is 20.8 Å². The van der Waals surface area contributed by atoms with Crippen molar-refractivity contribution in [3.05, 3.63) is 51.7 Å². The highest BCUT2D eigenvalue weighted by atomic mass is 32.1. The molecule has 1 aromatic carbocycles. The molecule has 0 spiro atoms. The Morgan fingerprint density at radius 3 is 2.80 bits per heavy atom. The molecule has 2 rings (SSSR count). The SMILES string of the molecule is CN(C)C(=O)c1ccccc1NCc1cc(C#N)cs1. The number of benzene rings is 1. The van der Waals surface area contributed by atoms with Gasteiger partial charge in [0.15, 0.2) is 0 Å². The average Bonchev–Trinajstić information content (AvgIpc) is 2.92. The van der Waals surface area contributed by atoms with E-state index in [4.69, 9.17) is 5.26 Å². The van der Waals surface area contributed by atoms with Gasteiger partial charge in [-0.2, -0.15) is 5.26 Å². The Kier molecular flexibility index (Phi) is 4.38. The predicted molar refractivity (Wildman–Crippen MR) is 80.8 cm³/mol. The molecule has 1 N–H and O–H groups in total. The Bertz CT molecular complexity index is 655. The fourth-order valence-corrected chi connectivity index (χ4v) is 2.53. The first-order valence-electron chi connectivity index (χ1n) is 6.14. The van der Waals surface area contributed by atoms with Crippen LogP contribution in [0.25, 0.3) is 0 Å². The van der Waals surface area contributed by atoms with Gasteiger partial charge in [-0.1, -0.05) is 12.1 Å². The highest BCUT2D eigenvalue weighted by Crippen LogP contribution is 2.20. The van der Waals surface area contributed by atoms with Crippen molar-refractivity contribution in [2.75, 3.05) is 19.4 Å². The van der Waals surface area contributed by atoms with Gasteiger partial charge >= 0.3 is 0 Å². The van der Waals surface area contributed by atoms with Crippen LogP contribution < -0.4 is 5.32 Å². The molecule has 0 atom stereocenters. The van der Waals surface area contributed by atoms with E-state index in [2.05, 4.69) is 11.4 Å². The number of rotatable bonds is 4. The summed E-state index contributed by atoms with van der Waals surface area (Å²) in [5.41, 5.74) is 2.12. The molecule has 0 aliphatic heterocycles. The molecular weight excluding hydrogens is 270 g/mol. The second kappa shape index (κ2) is 6.22. The number of carbonyl (C=O) groups excluding carboxylic acids is 1. The third kappa shape index (κ3) is 3.16. The minimum Gasteiger partial charge on any atom is -0.380 e. The van der Waals surface area contributed by atoms with Gasteiger partial charge in [-0.3, -0.25) is 4.79 Å². The van der Waals surface area contributed by atoms with Crippen molar-refractivity contribution in [2.24, 2.45) is 0 Å². The maximum atomic E-state index is 12.1. The highest BCUT2D eigenvalue weighted by molar-refractivity contribution is 7.10. The van der Waals surface area contributed by atoms with Gasteiger partial charge in [-0.15, -0.1) is 11.3 Å². The Hall–Kier alpha value is -2.32. The third-order valence-corrected chi connectivity index (χ3v) is 3.74. The second-order valence-corrected chi connectivity index (χ2v) is 5.51. The molecule has 2 aromatic rings. The zero-order valence-electron chi connectivity index (χ0n) is 11.4. The van der Waals surface area contributed by atoms with E-state index in [1.54, 1.807) is 25.1 Å². The number of hydrogen-bond acceptors (Lipinski definition) is 4. The van der Waals surface area contributed by atoms with E-state index in [-0.39, 0.29) is 5.91 Å². The average molecular weight is 285 g/mol. The maximum Gasteiger partial charge on any atom is 0.255 e.